The van der Waals surface area contributed by atoms with Crippen LogP contribution in [0.15, 0.2) is 18.5 Å². The van der Waals surface area contributed by atoms with Crippen molar-refractivity contribution >= 4 is 5.91 Å². The predicted molar refractivity (Wildman–Crippen MR) is 63.0 cm³/mol. The molecule has 1 amide bonds. The molecule has 1 heterocycles. The molecule has 1 rings (SSSR count). The molecule has 0 fully saturated rings. The molecule has 0 unspecified atom stereocenters. The highest BCUT2D eigenvalue weighted by molar-refractivity contribution is 5.77. The minimum Gasteiger partial charge on any atom is -0.354 e. The van der Waals surface area contributed by atoms with Gasteiger partial charge in [0.2, 0.25) is 5.91 Å². The topological polar surface area (TPSA) is 82.7 Å². The second-order valence-electron chi connectivity index (χ2n) is 3.56. The maximum absolute atomic E-state index is 11.2. The number of aryl methyl sites for hydroxylation is 1. The van der Waals surface area contributed by atoms with Crippen molar-refractivity contribution in [3.8, 4) is 6.07 Å². The summed E-state index contributed by atoms with van der Waals surface area (Å²) >= 11 is 0. The molecule has 0 atom stereocenters. The number of nitrogens with one attached hydrogen (secondary N) is 2. The normalized spacial score (nSPS) is 9.82. The molecule has 0 aliphatic heterocycles. The summed E-state index contributed by atoms with van der Waals surface area (Å²) in [5.74, 6) is -0.0701. The number of nitriles is 1. The quantitative estimate of drug-likeness (QED) is 0.616. The van der Waals surface area contributed by atoms with Crippen LogP contribution < -0.4 is 10.6 Å². The summed E-state index contributed by atoms with van der Waals surface area (Å²) in [5, 5.41) is 18.1. The van der Waals surface area contributed by atoms with Gasteiger partial charge in [-0.1, -0.05) is 0 Å². The fraction of sp³-hybridized carbons (Fsp3) is 0.545. The van der Waals surface area contributed by atoms with Gasteiger partial charge in [-0.3, -0.25) is 9.48 Å². The van der Waals surface area contributed by atoms with Crippen molar-refractivity contribution in [1.82, 2.24) is 20.4 Å². The van der Waals surface area contributed by atoms with E-state index in [9.17, 15) is 4.79 Å². The SMILES string of the molecule is N#CCCNC(=O)CNCCCn1cccn1. The lowest BCUT2D eigenvalue weighted by molar-refractivity contribution is -0.120. The van der Waals surface area contributed by atoms with Crippen molar-refractivity contribution in [2.45, 2.75) is 19.4 Å². The summed E-state index contributed by atoms with van der Waals surface area (Å²) in [6, 6.07) is 3.86. The molecule has 17 heavy (non-hydrogen) atoms. The van der Waals surface area contributed by atoms with Gasteiger partial charge in [0.1, 0.15) is 0 Å². The highest BCUT2D eigenvalue weighted by atomic mass is 16.1. The van der Waals surface area contributed by atoms with E-state index in [0.29, 0.717) is 19.5 Å². The van der Waals surface area contributed by atoms with E-state index in [1.807, 2.05) is 23.0 Å². The molecule has 6 heteroatoms. The lowest BCUT2D eigenvalue weighted by atomic mass is 10.4. The fourth-order valence-corrected chi connectivity index (χ4v) is 1.32. The predicted octanol–water partition coefficient (Wildman–Crippen LogP) is -0.107. The summed E-state index contributed by atoms with van der Waals surface area (Å²) in [6.45, 7) is 2.33. The molecule has 92 valence electrons. The molecule has 0 aromatic carbocycles. The lowest BCUT2D eigenvalue weighted by Crippen LogP contribution is -2.34. The highest BCUT2D eigenvalue weighted by Crippen LogP contribution is 1.87. The number of nitrogens with zero attached hydrogens (tertiary/aromatic N) is 3. The zero-order valence-corrected chi connectivity index (χ0v) is 9.72. The van der Waals surface area contributed by atoms with Crippen LogP contribution in [0.2, 0.25) is 0 Å². The van der Waals surface area contributed by atoms with E-state index in [-0.39, 0.29) is 5.91 Å². The molecule has 2 N–H and O–H groups in total. The lowest BCUT2D eigenvalue weighted by Gasteiger charge is -2.05. The van der Waals surface area contributed by atoms with Crippen LogP contribution in [-0.4, -0.2) is 35.3 Å². The first-order valence-electron chi connectivity index (χ1n) is 5.64. The second kappa shape index (κ2) is 8.30. The first-order chi connectivity index (χ1) is 8.33. The number of carbonyl (C=O) groups is 1. The van der Waals surface area contributed by atoms with Crippen molar-refractivity contribution in [2.24, 2.45) is 0 Å². The van der Waals surface area contributed by atoms with Crippen molar-refractivity contribution in [1.29, 1.82) is 5.26 Å². The monoisotopic (exact) mass is 235 g/mol. The largest absolute Gasteiger partial charge is 0.354 e. The summed E-state index contributed by atoms with van der Waals surface area (Å²) in [5.41, 5.74) is 0. The van der Waals surface area contributed by atoms with Crippen molar-refractivity contribution in [2.75, 3.05) is 19.6 Å². The molecule has 0 radical (unpaired) electrons. The van der Waals surface area contributed by atoms with Crippen LogP contribution in [0, 0.1) is 11.3 Å². The van der Waals surface area contributed by atoms with Gasteiger partial charge in [0.15, 0.2) is 0 Å². The number of amides is 1. The van der Waals surface area contributed by atoms with Gasteiger partial charge in [-0.25, -0.2) is 0 Å². The van der Waals surface area contributed by atoms with E-state index in [0.717, 1.165) is 19.5 Å². The third kappa shape index (κ3) is 6.33. The summed E-state index contributed by atoms with van der Waals surface area (Å²) in [7, 11) is 0. The molecule has 0 bridgehead atoms. The molecule has 6 nitrogen and oxygen atoms in total. The number of rotatable bonds is 8. The average molecular weight is 235 g/mol. The van der Waals surface area contributed by atoms with Crippen LogP contribution in [0.5, 0.6) is 0 Å². The highest BCUT2D eigenvalue weighted by Gasteiger charge is 1.98. The minimum absolute atomic E-state index is 0.0701. The van der Waals surface area contributed by atoms with Crippen LogP contribution in [0.25, 0.3) is 0 Å². The van der Waals surface area contributed by atoms with E-state index in [1.165, 1.54) is 0 Å². The van der Waals surface area contributed by atoms with Crippen molar-refractivity contribution in [3.63, 3.8) is 0 Å². The Kier molecular flexibility index (Phi) is 6.44. The number of carbonyl (C=O) groups excluding carboxylic acids is 1. The maximum Gasteiger partial charge on any atom is 0.233 e. The molecule has 1 aromatic rings. The van der Waals surface area contributed by atoms with Crippen LogP contribution in [0.4, 0.5) is 0 Å². The van der Waals surface area contributed by atoms with Gasteiger partial charge in [-0.2, -0.15) is 10.4 Å². The number of hydrogen-bond donors (Lipinski definition) is 2. The third-order valence-electron chi connectivity index (χ3n) is 2.14. The van der Waals surface area contributed by atoms with Gasteiger partial charge in [0.05, 0.1) is 19.0 Å². The van der Waals surface area contributed by atoms with Crippen LogP contribution in [-0.2, 0) is 11.3 Å². The van der Waals surface area contributed by atoms with Gasteiger partial charge in [0.25, 0.3) is 0 Å². The molecule has 0 aliphatic rings. The Morgan fingerprint density at radius 3 is 3.06 bits per heavy atom. The second-order valence-corrected chi connectivity index (χ2v) is 3.56. The fourth-order valence-electron chi connectivity index (χ4n) is 1.32. The van der Waals surface area contributed by atoms with Gasteiger partial charge in [-0.05, 0) is 19.0 Å². The van der Waals surface area contributed by atoms with Crippen LogP contribution in [0.1, 0.15) is 12.8 Å². The van der Waals surface area contributed by atoms with Crippen LogP contribution >= 0.6 is 0 Å². The van der Waals surface area contributed by atoms with Crippen molar-refractivity contribution in [3.05, 3.63) is 18.5 Å². The van der Waals surface area contributed by atoms with E-state index in [2.05, 4.69) is 15.7 Å². The zero-order valence-electron chi connectivity index (χ0n) is 9.72. The maximum atomic E-state index is 11.2. The van der Waals surface area contributed by atoms with Crippen molar-refractivity contribution < 1.29 is 4.79 Å². The molecular weight excluding hydrogens is 218 g/mol. The van der Waals surface area contributed by atoms with Gasteiger partial charge >= 0.3 is 0 Å². The average Bonchev–Trinajstić information content (AvgIpc) is 2.82. The Hall–Kier alpha value is -1.87. The summed E-state index contributed by atoms with van der Waals surface area (Å²) in [4.78, 5) is 11.2. The molecule has 0 aliphatic carbocycles. The number of hydrogen-bond acceptors (Lipinski definition) is 4. The van der Waals surface area contributed by atoms with Gasteiger partial charge in [0, 0.05) is 25.5 Å². The Morgan fingerprint density at radius 2 is 2.35 bits per heavy atom. The van der Waals surface area contributed by atoms with E-state index >= 15 is 0 Å². The molecular formula is C11H17N5O. The Bertz CT molecular complexity index is 354. The molecule has 0 saturated carbocycles. The standard InChI is InChI=1S/C11H17N5O/c12-4-1-6-14-11(17)10-13-5-2-8-16-9-3-7-15-16/h3,7,9,13H,1-2,5-6,8,10H2,(H,14,17). The summed E-state index contributed by atoms with van der Waals surface area (Å²) < 4.78 is 1.86. The zero-order chi connectivity index (χ0) is 12.3. The van der Waals surface area contributed by atoms with Crippen LogP contribution in [0.3, 0.4) is 0 Å². The Balaban J connectivity index is 1.93. The van der Waals surface area contributed by atoms with E-state index in [1.54, 1.807) is 6.20 Å². The first kappa shape index (κ1) is 13.2. The Morgan fingerprint density at radius 1 is 1.47 bits per heavy atom. The molecule has 0 spiro atoms. The molecule has 1 aromatic heterocycles. The van der Waals surface area contributed by atoms with Gasteiger partial charge < -0.3 is 10.6 Å². The summed E-state index contributed by atoms with van der Waals surface area (Å²) in [6.07, 6.45) is 4.93. The number of aromatic nitrogens is 2. The molecule has 0 saturated heterocycles. The van der Waals surface area contributed by atoms with E-state index < -0.39 is 0 Å². The smallest absolute Gasteiger partial charge is 0.233 e. The van der Waals surface area contributed by atoms with E-state index in [4.69, 9.17) is 5.26 Å². The minimum atomic E-state index is -0.0701. The first-order valence-corrected chi connectivity index (χ1v) is 5.64. The Labute approximate surface area is 101 Å². The van der Waals surface area contributed by atoms with Gasteiger partial charge in [-0.15, -0.1) is 0 Å². The third-order valence-corrected chi connectivity index (χ3v) is 2.14.